The van der Waals surface area contributed by atoms with E-state index in [1.54, 1.807) is 20.8 Å². The van der Waals surface area contributed by atoms with Gasteiger partial charge in [-0.1, -0.05) is 0 Å². The monoisotopic (exact) mass is 290 g/mol. The molecule has 0 saturated carbocycles. The van der Waals surface area contributed by atoms with E-state index < -0.39 is 54.8 Å². The maximum Gasteiger partial charge on any atom is 0.311 e. The van der Waals surface area contributed by atoms with Crippen LogP contribution in [0.15, 0.2) is 0 Å². The van der Waals surface area contributed by atoms with Crippen molar-refractivity contribution in [1.29, 1.82) is 0 Å². The molecule has 0 amide bonds. The summed E-state index contributed by atoms with van der Waals surface area (Å²) in [7, 11) is 0. The van der Waals surface area contributed by atoms with Crippen molar-refractivity contribution >= 4 is 17.5 Å². The van der Waals surface area contributed by atoms with Crippen LogP contribution in [0.3, 0.4) is 0 Å². The number of hydrogen-bond donors (Lipinski definition) is 3. The van der Waals surface area contributed by atoms with Gasteiger partial charge in [-0.15, -0.1) is 0 Å². The van der Waals surface area contributed by atoms with Gasteiger partial charge in [0.15, 0.2) is 11.6 Å². The highest BCUT2D eigenvalue weighted by atomic mass is 16.5. The van der Waals surface area contributed by atoms with Crippen molar-refractivity contribution in [2.75, 3.05) is 26.4 Å². The lowest BCUT2D eigenvalue weighted by Gasteiger charge is -2.29. The van der Waals surface area contributed by atoms with Gasteiger partial charge in [-0.05, 0) is 20.8 Å². The van der Waals surface area contributed by atoms with E-state index in [2.05, 4.69) is 0 Å². The van der Waals surface area contributed by atoms with E-state index in [1.165, 1.54) is 0 Å². The van der Waals surface area contributed by atoms with Crippen LogP contribution in [0.25, 0.3) is 0 Å². The number of rotatable bonds is 8. The highest BCUT2D eigenvalue weighted by Crippen LogP contribution is 2.24. The second-order valence-corrected chi connectivity index (χ2v) is 5.54. The Hall–Kier alpha value is -1.31. The van der Waals surface area contributed by atoms with Crippen molar-refractivity contribution < 1.29 is 34.4 Å². The number of carbonyl (C=O) groups excluding carboxylic acids is 3. The summed E-state index contributed by atoms with van der Waals surface area (Å²) in [6.45, 7) is 1.76. The van der Waals surface area contributed by atoms with Gasteiger partial charge in [-0.2, -0.15) is 0 Å². The van der Waals surface area contributed by atoms with E-state index in [4.69, 9.17) is 14.9 Å². The molecule has 0 aliphatic rings. The lowest BCUT2D eigenvalue weighted by atomic mass is 9.79. The van der Waals surface area contributed by atoms with Gasteiger partial charge in [-0.3, -0.25) is 14.4 Å². The Bertz CT molecular complexity index is 369. The molecule has 1 unspecified atom stereocenters. The van der Waals surface area contributed by atoms with Gasteiger partial charge in [0, 0.05) is 6.42 Å². The quantitative estimate of drug-likeness (QED) is 0.390. The van der Waals surface area contributed by atoms with Crippen LogP contribution in [0.2, 0.25) is 0 Å². The first-order chi connectivity index (χ1) is 9.15. The van der Waals surface area contributed by atoms with Crippen LogP contribution in [0.4, 0.5) is 0 Å². The highest BCUT2D eigenvalue weighted by Gasteiger charge is 2.45. The van der Waals surface area contributed by atoms with Crippen molar-refractivity contribution in [3.63, 3.8) is 0 Å². The molecule has 7 nitrogen and oxygen atoms in total. The van der Waals surface area contributed by atoms with E-state index in [1.807, 2.05) is 0 Å². The summed E-state index contributed by atoms with van der Waals surface area (Å²) >= 11 is 0. The Kier molecular flexibility index (Phi) is 6.98. The molecular formula is C13H22O7. The molecule has 0 aliphatic carbocycles. The Balaban J connectivity index is 5.18. The van der Waals surface area contributed by atoms with E-state index in [0.29, 0.717) is 0 Å². The summed E-state index contributed by atoms with van der Waals surface area (Å²) in [6.07, 6.45) is -0.376. The van der Waals surface area contributed by atoms with Crippen molar-refractivity contribution in [3.05, 3.63) is 0 Å². The summed E-state index contributed by atoms with van der Waals surface area (Å²) in [4.78, 5) is 35.3. The van der Waals surface area contributed by atoms with Gasteiger partial charge in [-0.25, -0.2) is 0 Å². The van der Waals surface area contributed by atoms with E-state index >= 15 is 0 Å². The van der Waals surface area contributed by atoms with E-state index in [9.17, 15) is 19.5 Å². The Morgan fingerprint density at radius 2 is 1.55 bits per heavy atom. The predicted molar refractivity (Wildman–Crippen MR) is 68.7 cm³/mol. The minimum absolute atomic E-state index is 0.376. The molecule has 0 aromatic carbocycles. The first kappa shape index (κ1) is 18.7. The maximum absolute atomic E-state index is 11.9. The van der Waals surface area contributed by atoms with Gasteiger partial charge < -0.3 is 20.1 Å². The molecule has 3 N–H and O–H groups in total. The number of aliphatic hydroxyl groups is 3. The molecule has 0 saturated heterocycles. The largest absolute Gasteiger partial charge is 0.464 e. The number of aliphatic hydroxyl groups excluding tert-OH is 3. The second-order valence-electron chi connectivity index (χ2n) is 5.54. The number of Topliss-reactive ketones (excluding diaryl/α,β-unsaturated/α-hetero) is 2. The van der Waals surface area contributed by atoms with Crippen molar-refractivity contribution in [2.24, 2.45) is 10.8 Å². The third-order valence-electron chi connectivity index (χ3n) is 2.88. The van der Waals surface area contributed by atoms with Crippen LogP contribution in [-0.2, 0) is 19.1 Å². The normalized spacial score (nSPS) is 14.5. The standard InChI is InChI=1S/C13H22O7/c1-12(2,3)11(19)20-8-13(7-16,10(18)6-15)9(17)4-5-14/h14-16H,4-8H2,1-3H3. The first-order valence-electron chi connectivity index (χ1n) is 6.22. The van der Waals surface area contributed by atoms with Crippen LogP contribution in [0.1, 0.15) is 27.2 Å². The number of carbonyl (C=O) groups is 3. The zero-order valence-electron chi connectivity index (χ0n) is 12.0. The Labute approximate surface area is 117 Å². The van der Waals surface area contributed by atoms with E-state index in [0.717, 1.165) is 0 Å². The molecular weight excluding hydrogens is 268 g/mol. The van der Waals surface area contributed by atoms with Crippen LogP contribution in [-0.4, -0.2) is 59.3 Å². The number of esters is 1. The van der Waals surface area contributed by atoms with Gasteiger partial charge in [0.25, 0.3) is 0 Å². The van der Waals surface area contributed by atoms with Gasteiger partial charge in [0.2, 0.25) is 0 Å². The second kappa shape index (κ2) is 7.47. The lowest BCUT2D eigenvalue weighted by molar-refractivity contribution is -0.163. The van der Waals surface area contributed by atoms with Crippen molar-refractivity contribution in [3.8, 4) is 0 Å². The Morgan fingerprint density at radius 1 is 1.00 bits per heavy atom. The molecule has 20 heavy (non-hydrogen) atoms. The molecule has 116 valence electrons. The third kappa shape index (κ3) is 4.36. The number of ketones is 2. The van der Waals surface area contributed by atoms with Gasteiger partial charge in [0.1, 0.15) is 18.6 Å². The maximum atomic E-state index is 11.9. The number of hydrogen-bond acceptors (Lipinski definition) is 7. The Morgan fingerprint density at radius 3 is 1.90 bits per heavy atom. The lowest BCUT2D eigenvalue weighted by Crippen LogP contribution is -2.49. The molecule has 0 aromatic rings. The highest BCUT2D eigenvalue weighted by molar-refractivity contribution is 6.08. The first-order valence-corrected chi connectivity index (χ1v) is 6.22. The molecule has 0 fully saturated rings. The fraction of sp³-hybridized carbons (Fsp3) is 0.769. The molecule has 0 aromatic heterocycles. The topological polar surface area (TPSA) is 121 Å². The summed E-state index contributed by atoms with van der Waals surface area (Å²) in [5.41, 5.74) is -2.85. The smallest absolute Gasteiger partial charge is 0.311 e. The molecule has 0 rings (SSSR count). The summed E-state index contributed by atoms with van der Waals surface area (Å²) in [5.74, 6) is -2.36. The molecule has 1 atom stereocenters. The SMILES string of the molecule is CC(C)(C)C(=O)OCC(CO)(C(=O)CO)C(=O)CCO. The van der Waals surface area contributed by atoms with Crippen molar-refractivity contribution in [2.45, 2.75) is 27.2 Å². The predicted octanol–water partition coefficient (Wildman–Crippen LogP) is -0.933. The number of ether oxygens (including phenoxy) is 1. The molecule has 0 heterocycles. The zero-order valence-corrected chi connectivity index (χ0v) is 12.0. The molecule has 0 radical (unpaired) electrons. The fourth-order valence-corrected chi connectivity index (χ4v) is 1.44. The summed E-state index contributed by atoms with van der Waals surface area (Å²) in [6, 6.07) is 0. The van der Waals surface area contributed by atoms with Crippen LogP contribution < -0.4 is 0 Å². The minimum atomic E-state index is -2.02. The van der Waals surface area contributed by atoms with Crippen molar-refractivity contribution in [1.82, 2.24) is 0 Å². The van der Waals surface area contributed by atoms with Gasteiger partial charge >= 0.3 is 5.97 Å². The summed E-state index contributed by atoms with van der Waals surface area (Å²) < 4.78 is 4.92. The average Bonchev–Trinajstić information content (AvgIpc) is 2.38. The van der Waals surface area contributed by atoms with Crippen LogP contribution >= 0.6 is 0 Å². The van der Waals surface area contributed by atoms with Gasteiger partial charge in [0.05, 0.1) is 18.6 Å². The molecule has 7 heteroatoms. The minimum Gasteiger partial charge on any atom is -0.464 e. The fourth-order valence-electron chi connectivity index (χ4n) is 1.44. The van der Waals surface area contributed by atoms with Crippen LogP contribution in [0, 0.1) is 10.8 Å². The third-order valence-corrected chi connectivity index (χ3v) is 2.88. The summed E-state index contributed by atoms with van der Waals surface area (Å²) in [5, 5.41) is 27.1. The zero-order chi connectivity index (χ0) is 16.0. The molecule has 0 aliphatic heterocycles. The molecule has 0 bridgehead atoms. The average molecular weight is 290 g/mol. The van der Waals surface area contributed by atoms with Crippen LogP contribution in [0.5, 0.6) is 0 Å². The van der Waals surface area contributed by atoms with E-state index in [-0.39, 0.29) is 6.42 Å². The molecule has 0 spiro atoms.